The highest BCUT2D eigenvalue weighted by atomic mass is 16.1. The summed E-state index contributed by atoms with van der Waals surface area (Å²) >= 11 is 0. The molecule has 2 rings (SSSR count). The molecule has 5 nitrogen and oxygen atoms in total. The van der Waals surface area contributed by atoms with Crippen LogP contribution in [0, 0.1) is 0 Å². The van der Waals surface area contributed by atoms with Gasteiger partial charge in [0.15, 0.2) is 0 Å². The largest absolute Gasteiger partial charge is 0.323 e. The number of hydrogen-bond donors (Lipinski definition) is 2. The van der Waals surface area contributed by atoms with E-state index < -0.39 is 0 Å². The minimum Gasteiger partial charge on any atom is -0.323 e. The van der Waals surface area contributed by atoms with Crippen molar-refractivity contribution in [2.45, 2.75) is 51.5 Å². The summed E-state index contributed by atoms with van der Waals surface area (Å²) in [7, 11) is 1.88. The van der Waals surface area contributed by atoms with Crippen molar-refractivity contribution in [3.05, 3.63) is 11.9 Å². The Bertz CT molecular complexity index is 421. The molecule has 1 unspecified atom stereocenters. The molecule has 1 atom stereocenters. The maximum Gasteiger partial charge on any atom is 0.224 e. The Balaban J connectivity index is 1.80. The number of nitrogens with zero attached hydrogens (tertiary/aromatic N) is 2. The fourth-order valence-electron chi connectivity index (χ4n) is 2.59. The molecule has 2 heterocycles. The molecule has 19 heavy (non-hydrogen) atoms. The number of nitrogens with one attached hydrogen (secondary N) is 2. The van der Waals surface area contributed by atoms with Crippen molar-refractivity contribution < 1.29 is 4.79 Å². The van der Waals surface area contributed by atoms with Crippen molar-refractivity contribution >= 4 is 11.6 Å². The van der Waals surface area contributed by atoms with E-state index in [9.17, 15) is 4.79 Å². The molecule has 0 bridgehead atoms. The van der Waals surface area contributed by atoms with Crippen molar-refractivity contribution in [3.8, 4) is 0 Å². The van der Waals surface area contributed by atoms with Crippen LogP contribution in [0.25, 0.3) is 0 Å². The second-order valence-electron chi connectivity index (χ2n) is 5.25. The second-order valence-corrected chi connectivity index (χ2v) is 5.25. The van der Waals surface area contributed by atoms with E-state index >= 15 is 0 Å². The summed E-state index contributed by atoms with van der Waals surface area (Å²) in [6.07, 6.45) is 7.94. The van der Waals surface area contributed by atoms with E-state index in [0.29, 0.717) is 12.5 Å². The Labute approximate surface area is 114 Å². The highest BCUT2D eigenvalue weighted by molar-refractivity contribution is 5.91. The first-order valence-corrected chi connectivity index (χ1v) is 7.24. The monoisotopic (exact) mass is 264 g/mol. The molecular formula is C14H24N4O. The molecule has 0 aromatic carbocycles. The summed E-state index contributed by atoms with van der Waals surface area (Å²) in [5.41, 5.74) is 1.80. The highest BCUT2D eigenvalue weighted by Crippen LogP contribution is 2.16. The number of aryl methyl sites for hydroxylation is 2. The average Bonchev–Trinajstić information content (AvgIpc) is 2.77. The van der Waals surface area contributed by atoms with Gasteiger partial charge in [0.1, 0.15) is 0 Å². The van der Waals surface area contributed by atoms with Crippen LogP contribution in [0.3, 0.4) is 0 Å². The number of carbonyl (C=O) groups excluding carboxylic acids is 1. The number of hydrogen-bond acceptors (Lipinski definition) is 3. The molecule has 0 radical (unpaired) electrons. The molecule has 2 N–H and O–H groups in total. The maximum atomic E-state index is 12.0. The third kappa shape index (κ3) is 4.06. The first kappa shape index (κ1) is 14.1. The Morgan fingerprint density at radius 2 is 2.42 bits per heavy atom. The molecule has 106 valence electrons. The van der Waals surface area contributed by atoms with Gasteiger partial charge in [0.25, 0.3) is 0 Å². The molecule has 1 fully saturated rings. The van der Waals surface area contributed by atoms with Gasteiger partial charge >= 0.3 is 0 Å². The molecule has 0 spiro atoms. The van der Waals surface area contributed by atoms with Gasteiger partial charge in [0.2, 0.25) is 5.91 Å². The van der Waals surface area contributed by atoms with E-state index in [1.807, 2.05) is 20.2 Å². The van der Waals surface area contributed by atoms with Gasteiger partial charge in [-0.2, -0.15) is 5.10 Å². The van der Waals surface area contributed by atoms with Gasteiger partial charge < -0.3 is 10.6 Å². The van der Waals surface area contributed by atoms with E-state index in [4.69, 9.17) is 0 Å². The minimum absolute atomic E-state index is 0.0927. The lowest BCUT2D eigenvalue weighted by molar-refractivity contribution is -0.116. The van der Waals surface area contributed by atoms with Crippen LogP contribution in [0.2, 0.25) is 0 Å². The molecular weight excluding hydrogens is 240 g/mol. The van der Waals surface area contributed by atoms with Crippen LogP contribution in [0.1, 0.15) is 44.7 Å². The second kappa shape index (κ2) is 6.70. The number of amides is 1. The Kier molecular flexibility index (Phi) is 4.96. The number of piperidine rings is 1. The molecule has 1 aromatic rings. The predicted molar refractivity (Wildman–Crippen MR) is 76.1 cm³/mol. The van der Waals surface area contributed by atoms with Crippen molar-refractivity contribution in [1.29, 1.82) is 0 Å². The van der Waals surface area contributed by atoms with E-state index in [0.717, 1.165) is 30.8 Å². The molecule has 1 aliphatic rings. The number of aromatic nitrogens is 2. The SMILES string of the molecule is CCc1nn(C)cc1NC(=O)CCC1CCCCN1. The van der Waals surface area contributed by atoms with Gasteiger partial charge in [0, 0.05) is 25.7 Å². The fraction of sp³-hybridized carbons (Fsp3) is 0.714. The van der Waals surface area contributed by atoms with Crippen molar-refractivity contribution in [2.75, 3.05) is 11.9 Å². The zero-order chi connectivity index (χ0) is 13.7. The maximum absolute atomic E-state index is 12.0. The molecule has 1 aromatic heterocycles. The Morgan fingerprint density at radius 1 is 1.58 bits per heavy atom. The van der Waals surface area contributed by atoms with E-state index in [-0.39, 0.29) is 5.91 Å². The molecule has 5 heteroatoms. The lowest BCUT2D eigenvalue weighted by Crippen LogP contribution is -2.34. The number of carbonyl (C=O) groups is 1. The van der Waals surface area contributed by atoms with Crippen molar-refractivity contribution in [1.82, 2.24) is 15.1 Å². The lowest BCUT2D eigenvalue weighted by Gasteiger charge is -2.22. The van der Waals surface area contributed by atoms with E-state index in [1.165, 1.54) is 19.3 Å². The van der Waals surface area contributed by atoms with Crippen LogP contribution in [0.4, 0.5) is 5.69 Å². The van der Waals surface area contributed by atoms with Crippen LogP contribution in [0.5, 0.6) is 0 Å². The minimum atomic E-state index is 0.0927. The van der Waals surface area contributed by atoms with E-state index in [1.54, 1.807) is 4.68 Å². The number of anilines is 1. The molecule has 0 aliphatic carbocycles. The van der Waals surface area contributed by atoms with Crippen LogP contribution in [-0.4, -0.2) is 28.3 Å². The summed E-state index contributed by atoms with van der Waals surface area (Å²) in [6, 6.07) is 0.513. The summed E-state index contributed by atoms with van der Waals surface area (Å²) < 4.78 is 1.75. The summed E-state index contributed by atoms with van der Waals surface area (Å²) in [5, 5.41) is 10.8. The Hall–Kier alpha value is -1.36. The smallest absolute Gasteiger partial charge is 0.224 e. The van der Waals surface area contributed by atoms with Crippen LogP contribution in [0.15, 0.2) is 6.20 Å². The molecule has 1 saturated heterocycles. The van der Waals surface area contributed by atoms with Gasteiger partial charge in [-0.15, -0.1) is 0 Å². The predicted octanol–water partition coefficient (Wildman–Crippen LogP) is 1.84. The lowest BCUT2D eigenvalue weighted by atomic mass is 10.0. The standard InChI is InChI=1S/C14H24N4O/c1-3-12-13(10-18(2)17-12)16-14(19)8-7-11-6-4-5-9-15-11/h10-11,15H,3-9H2,1-2H3,(H,16,19). The fourth-order valence-corrected chi connectivity index (χ4v) is 2.59. The quantitative estimate of drug-likeness (QED) is 0.853. The molecule has 1 amide bonds. The molecule has 0 saturated carbocycles. The van der Waals surface area contributed by atoms with Crippen LogP contribution < -0.4 is 10.6 Å². The zero-order valence-electron chi connectivity index (χ0n) is 11.9. The first-order valence-electron chi connectivity index (χ1n) is 7.24. The van der Waals surface area contributed by atoms with Crippen LogP contribution >= 0.6 is 0 Å². The topological polar surface area (TPSA) is 59.0 Å². The van der Waals surface area contributed by atoms with Gasteiger partial charge in [-0.3, -0.25) is 9.48 Å². The zero-order valence-corrected chi connectivity index (χ0v) is 11.9. The average molecular weight is 264 g/mol. The van der Waals surface area contributed by atoms with Gasteiger partial charge in [-0.1, -0.05) is 13.3 Å². The molecule has 1 aliphatic heterocycles. The van der Waals surface area contributed by atoms with Gasteiger partial charge in [0.05, 0.1) is 11.4 Å². The van der Waals surface area contributed by atoms with Gasteiger partial charge in [-0.05, 0) is 32.2 Å². The third-order valence-electron chi connectivity index (χ3n) is 3.65. The van der Waals surface area contributed by atoms with Gasteiger partial charge in [-0.25, -0.2) is 0 Å². The first-order chi connectivity index (χ1) is 9.19. The highest BCUT2D eigenvalue weighted by Gasteiger charge is 2.15. The summed E-state index contributed by atoms with van der Waals surface area (Å²) in [6.45, 7) is 3.14. The summed E-state index contributed by atoms with van der Waals surface area (Å²) in [5.74, 6) is 0.0927. The van der Waals surface area contributed by atoms with Crippen LogP contribution in [-0.2, 0) is 18.3 Å². The summed E-state index contributed by atoms with van der Waals surface area (Å²) in [4.78, 5) is 12.0. The van der Waals surface area contributed by atoms with Crippen molar-refractivity contribution in [3.63, 3.8) is 0 Å². The Morgan fingerprint density at radius 3 is 3.11 bits per heavy atom. The normalized spacial score (nSPS) is 19.4. The van der Waals surface area contributed by atoms with E-state index in [2.05, 4.69) is 15.7 Å². The number of rotatable bonds is 5. The third-order valence-corrected chi connectivity index (χ3v) is 3.65. The van der Waals surface area contributed by atoms with Crippen molar-refractivity contribution in [2.24, 2.45) is 7.05 Å².